The Balaban J connectivity index is 2.19. The molecule has 2 heterocycles. The Labute approximate surface area is 96.2 Å². The minimum atomic E-state index is -1.10. The summed E-state index contributed by atoms with van der Waals surface area (Å²) >= 11 is 1.27. The number of para-hydroxylation sites is 1. The standard InChI is InChI=1S/C11H9NO3S/c13-9-5-6-11(10(14)15)12(9)7-3-1-2-4-8(7)16-11/h1-4H,5-6H2,(H,14,15)/t11-/m1/s1. The summed E-state index contributed by atoms with van der Waals surface area (Å²) in [6, 6.07) is 7.34. The number of carbonyl (C=O) groups excluding carboxylic acids is 1. The lowest BCUT2D eigenvalue weighted by molar-refractivity contribution is -0.140. The summed E-state index contributed by atoms with van der Waals surface area (Å²) in [5.41, 5.74) is 0.734. The molecule has 0 bridgehead atoms. The first-order valence-corrected chi connectivity index (χ1v) is 5.81. The Morgan fingerprint density at radius 1 is 1.44 bits per heavy atom. The van der Waals surface area contributed by atoms with Crippen molar-refractivity contribution in [3.8, 4) is 0 Å². The van der Waals surface area contributed by atoms with Gasteiger partial charge in [-0.05, 0) is 12.1 Å². The van der Waals surface area contributed by atoms with E-state index in [1.807, 2.05) is 18.2 Å². The first-order chi connectivity index (χ1) is 7.65. The van der Waals surface area contributed by atoms with E-state index in [1.165, 1.54) is 16.7 Å². The molecule has 82 valence electrons. The maximum Gasteiger partial charge on any atom is 0.341 e. The molecule has 0 spiro atoms. The van der Waals surface area contributed by atoms with Crippen LogP contribution in [0, 0.1) is 0 Å². The molecule has 16 heavy (non-hydrogen) atoms. The maximum absolute atomic E-state index is 11.8. The van der Waals surface area contributed by atoms with Crippen LogP contribution in [0.1, 0.15) is 12.8 Å². The normalized spacial score (nSPS) is 26.8. The molecule has 1 saturated heterocycles. The van der Waals surface area contributed by atoms with Crippen molar-refractivity contribution in [2.24, 2.45) is 0 Å². The smallest absolute Gasteiger partial charge is 0.341 e. The number of hydrogen-bond acceptors (Lipinski definition) is 3. The van der Waals surface area contributed by atoms with Crippen LogP contribution in [0.2, 0.25) is 0 Å². The number of anilines is 1. The van der Waals surface area contributed by atoms with Gasteiger partial charge in [0.2, 0.25) is 5.91 Å². The topological polar surface area (TPSA) is 57.6 Å². The summed E-state index contributed by atoms with van der Waals surface area (Å²) < 4.78 is 0. The molecule has 4 nitrogen and oxygen atoms in total. The third-order valence-corrected chi connectivity index (χ3v) is 4.47. The number of fused-ring (bicyclic) bond motifs is 3. The minimum Gasteiger partial charge on any atom is -0.479 e. The predicted molar refractivity (Wildman–Crippen MR) is 59.4 cm³/mol. The van der Waals surface area contributed by atoms with E-state index in [1.54, 1.807) is 6.07 Å². The number of thioether (sulfide) groups is 1. The van der Waals surface area contributed by atoms with Gasteiger partial charge >= 0.3 is 5.97 Å². The SMILES string of the molecule is O=C1CC[C@]2(C(=O)O)Sc3ccccc3N12. The van der Waals surface area contributed by atoms with E-state index in [2.05, 4.69) is 0 Å². The number of aliphatic carboxylic acids is 1. The van der Waals surface area contributed by atoms with Crippen molar-refractivity contribution in [3.63, 3.8) is 0 Å². The van der Waals surface area contributed by atoms with Crippen LogP contribution < -0.4 is 4.90 Å². The molecule has 1 aromatic carbocycles. The molecule has 0 saturated carbocycles. The minimum absolute atomic E-state index is 0.0974. The summed E-state index contributed by atoms with van der Waals surface area (Å²) in [6.45, 7) is 0. The molecular formula is C11H9NO3S. The fourth-order valence-electron chi connectivity index (χ4n) is 2.28. The zero-order valence-corrected chi connectivity index (χ0v) is 9.16. The fourth-order valence-corrected chi connectivity index (χ4v) is 3.64. The highest BCUT2D eigenvalue weighted by molar-refractivity contribution is 8.02. The Hall–Kier alpha value is -1.49. The molecule has 0 aromatic heterocycles. The van der Waals surface area contributed by atoms with Crippen molar-refractivity contribution in [3.05, 3.63) is 24.3 Å². The van der Waals surface area contributed by atoms with Crippen LogP contribution in [0.4, 0.5) is 5.69 Å². The van der Waals surface area contributed by atoms with Crippen LogP contribution in [0.15, 0.2) is 29.2 Å². The Morgan fingerprint density at radius 2 is 2.19 bits per heavy atom. The van der Waals surface area contributed by atoms with Crippen LogP contribution in [-0.4, -0.2) is 21.9 Å². The largest absolute Gasteiger partial charge is 0.479 e. The molecule has 0 aliphatic carbocycles. The van der Waals surface area contributed by atoms with Gasteiger partial charge in [0.1, 0.15) is 0 Å². The number of hydrogen-bond donors (Lipinski definition) is 1. The lowest BCUT2D eigenvalue weighted by Crippen LogP contribution is -2.46. The second kappa shape index (κ2) is 3.01. The zero-order chi connectivity index (χ0) is 11.3. The van der Waals surface area contributed by atoms with Crippen molar-refractivity contribution in [2.75, 3.05) is 4.90 Å². The highest BCUT2D eigenvalue weighted by atomic mass is 32.2. The fraction of sp³-hybridized carbons (Fsp3) is 0.273. The molecule has 1 atom stereocenters. The molecular weight excluding hydrogens is 226 g/mol. The molecule has 1 aromatic rings. The van der Waals surface area contributed by atoms with Crippen LogP contribution in [0.3, 0.4) is 0 Å². The molecule has 0 unspecified atom stereocenters. The second-order valence-corrected chi connectivity index (χ2v) is 5.21. The van der Waals surface area contributed by atoms with E-state index >= 15 is 0 Å². The van der Waals surface area contributed by atoms with Gasteiger partial charge in [-0.25, -0.2) is 4.79 Å². The van der Waals surface area contributed by atoms with Crippen molar-refractivity contribution < 1.29 is 14.7 Å². The van der Waals surface area contributed by atoms with Gasteiger partial charge < -0.3 is 5.11 Å². The van der Waals surface area contributed by atoms with Gasteiger partial charge in [-0.2, -0.15) is 0 Å². The second-order valence-electron chi connectivity index (χ2n) is 3.89. The van der Waals surface area contributed by atoms with E-state index in [0.29, 0.717) is 12.8 Å². The summed E-state index contributed by atoms with van der Waals surface area (Å²) in [4.78, 5) is 24.4. The third kappa shape index (κ3) is 1.01. The summed E-state index contributed by atoms with van der Waals surface area (Å²) in [7, 11) is 0. The first kappa shape index (κ1) is 9.72. The predicted octanol–water partition coefficient (Wildman–Crippen LogP) is 1.70. The van der Waals surface area contributed by atoms with Crippen LogP contribution >= 0.6 is 11.8 Å². The monoisotopic (exact) mass is 235 g/mol. The van der Waals surface area contributed by atoms with Crippen molar-refractivity contribution >= 4 is 29.3 Å². The summed E-state index contributed by atoms with van der Waals surface area (Å²) in [6.07, 6.45) is 0.689. The number of benzene rings is 1. The maximum atomic E-state index is 11.8. The van der Waals surface area contributed by atoms with Gasteiger partial charge in [0.15, 0.2) is 4.87 Å². The molecule has 2 aliphatic rings. The van der Waals surface area contributed by atoms with Crippen LogP contribution in [0.5, 0.6) is 0 Å². The van der Waals surface area contributed by atoms with E-state index in [-0.39, 0.29) is 5.91 Å². The van der Waals surface area contributed by atoms with Crippen molar-refractivity contribution in [1.82, 2.24) is 0 Å². The van der Waals surface area contributed by atoms with Gasteiger partial charge in [0.25, 0.3) is 0 Å². The molecule has 1 N–H and O–H groups in total. The lowest BCUT2D eigenvalue weighted by atomic mass is 10.2. The average Bonchev–Trinajstić information content (AvgIpc) is 2.75. The van der Waals surface area contributed by atoms with Gasteiger partial charge in [-0.3, -0.25) is 9.69 Å². The highest BCUT2D eigenvalue weighted by Gasteiger charge is 2.57. The van der Waals surface area contributed by atoms with Crippen LogP contribution in [-0.2, 0) is 9.59 Å². The molecule has 3 rings (SSSR count). The van der Waals surface area contributed by atoms with Crippen molar-refractivity contribution in [2.45, 2.75) is 22.6 Å². The quantitative estimate of drug-likeness (QED) is 0.805. The number of carboxylic acids is 1. The van der Waals surface area contributed by atoms with Gasteiger partial charge in [-0.1, -0.05) is 23.9 Å². The number of nitrogens with zero attached hydrogens (tertiary/aromatic N) is 1. The number of carbonyl (C=O) groups is 2. The van der Waals surface area contributed by atoms with Gasteiger partial charge in [-0.15, -0.1) is 0 Å². The van der Waals surface area contributed by atoms with Gasteiger partial charge in [0.05, 0.1) is 5.69 Å². The lowest BCUT2D eigenvalue weighted by Gasteiger charge is -2.26. The molecule has 0 radical (unpaired) electrons. The third-order valence-electron chi connectivity index (χ3n) is 3.01. The zero-order valence-electron chi connectivity index (χ0n) is 8.34. The number of carboxylic acid groups (broad SMARTS) is 1. The molecule has 5 heteroatoms. The van der Waals surface area contributed by atoms with E-state index in [4.69, 9.17) is 0 Å². The Kier molecular flexibility index (Phi) is 1.83. The van der Waals surface area contributed by atoms with E-state index in [9.17, 15) is 14.7 Å². The number of amides is 1. The summed E-state index contributed by atoms with van der Waals surface area (Å²) in [5.74, 6) is -1.03. The summed E-state index contributed by atoms with van der Waals surface area (Å²) in [5, 5.41) is 9.35. The Bertz CT molecular complexity index is 502. The van der Waals surface area contributed by atoms with Crippen LogP contribution in [0.25, 0.3) is 0 Å². The molecule has 2 aliphatic heterocycles. The number of rotatable bonds is 1. The van der Waals surface area contributed by atoms with Gasteiger partial charge in [0, 0.05) is 17.7 Å². The highest BCUT2D eigenvalue weighted by Crippen LogP contribution is 2.55. The van der Waals surface area contributed by atoms with E-state index in [0.717, 1.165) is 10.6 Å². The van der Waals surface area contributed by atoms with Crippen molar-refractivity contribution in [1.29, 1.82) is 0 Å². The average molecular weight is 235 g/mol. The molecule has 1 amide bonds. The Morgan fingerprint density at radius 3 is 2.94 bits per heavy atom. The van der Waals surface area contributed by atoms with E-state index < -0.39 is 10.8 Å². The molecule has 1 fully saturated rings. The first-order valence-electron chi connectivity index (χ1n) is 5.00.